The molecule has 7 heteroatoms. The lowest BCUT2D eigenvalue weighted by atomic mass is 10.1. The number of aromatic carboxylic acids is 1. The Morgan fingerprint density at radius 1 is 1.38 bits per heavy atom. The minimum atomic E-state index is -1.17. The molecule has 0 unspecified atom stereocenters. The van der Waals surface area contributed by atoms with Gasteiger partial charge in [-0.15, -0.1) is 0 Å². The maximum atomic E-state index is 11.6. The molecule has 1 N–H and O–H groups in total. The van der Waals surface area contributed by atoms with E-state index in [0.29, 0.717) is 18.3 Å². The van der Waals surface area contributed by atoms with E-state index in [1.54, 1.807) is 7.11 Å². The SMILES string of the molecule is CCC(CC)N(CCOC)c1nc(C(=O)O)c(C(C)=O)s1. The van der Waals surface area contributed by atoms with Crippen LogP contribution < -0.4 is 4.90 Å². The van der Waals surface area contributed by atoms with Crippen LogP contribution in [0.3, 0.4) is 0 Å². The number of anilines is 1. The summed E-state index contributed by atoms with van der Waals surface area (Å²) in [5.74, 6) is -1.44. The lowest BCUT2D eigenvalue weighted by molar-refractivity contribution is 0.0687. The van der Waals surface area contributed by atoms with Crippen molar-refractivity contribution in [2.75, 3.05) is 25.2 Å². The fourth-order valence-corrected chi connectivity index (χ4v) is 3.22. The lowest BCUT2D eigenvalue weighted by Gasteiger charge is -2.29. The van der Waals surface area contributed by atoms with E-state index in [2.05, 4.69) is 18.8 Å². The average molecular weight is 314 g/mol. The Bertz CT molecular complexity index is 466. The van der Waals surface area contributed by atoms with Crippen LogP contribution in [0.5, 0.6) is 0 Å². The van der Waals surface area contributed by atoms with E-state index in [-0.39, 0.29) is 22.4 Å². The standard InChI is InChI=1S/C14H22N2O4S/c1-5-10(6-2)16(7-8-20-4)14-15-11(13(18)19)12(21-14)9(3)17/h10H,5-8H2,1-4H3,(H,18,19). The Morgan fingerprint density at radius 3 is 2.38 bits per heavy atom. The highest BCUT2D eigenvalue weighted by molar-refractivity contribution is 7.17. The number of ketones is 1. The Morgan fingerprint density at radius 2 is 2.00 bits per heavy atom. The van der Waals surface area contributed by atoms with Gasteiger partial charge in [-0.2, -0.15) is 0 Å². The molecule has 21 heavy (non-hydrogen) atoms. The van der Waals surface area contributed by atoms with Gasteiger partial charge in [0.2, 0.25) is 0 Å². The molecule has 0 saturated carbocycles. The third kappa shape index (κ3) is 4.25. The van der Waals surface area contributed by atoms with E-state index in [1.807, 2.05) is 4.90 Å². The fraction of sp³-hybridized carbons (Fsp3) is 0.643. The third-order valence-corrected chi connectivity index (χ3v) is 4.50. The minimum absolute atomic E-state index is 0.157. The summed E-state index contributed by atoms with van der Waals surface area (Å²) in [4.78, 5) is 29.2. The van der Waals surface area contributed by atoms with E-state index in [1.165, 1.54) is 6.92 Å². The zero-order valence-electron chi connectivity index (χ0n) is 12.9. The van der Waals surface area contributed by atoms with Crippen molar-refractivity contribution in [2.24, 2.45) is 0 Å². The van der Waals surface area contributed by atoms with Gasteiger partial charge < -0.3 is 14.7 Å². The molecule has 1 aromatic heterocycles. The first-order valence-electron chi connectivity index (χ1n) is 6.96. The number of thiazole rings is 1. The van der Waals surface area contributed by atoms with Crippen molar-refractivity contribution in [3.8, 4) is 0 Å². The molecule has 0 aliphatic carbocycles. The lowest BCUT2D eigenvalue weighted by Crippen LogP contribution is -2.37. The second kappa shape index (κ2) is 8.09. The van der Waals surface area contributed by atoms with Crippen molar-refractivity contribution in [1.82, 2.24) is 4.98 Å². The van der Waals surface area contributed by atoms with Gasteiger partial charge in [0, 0.05) is 26.6 Å². The van der Waals surface area contributed by atoms with Crippen molar-refractivity contribution < 1.29 is 19.4 Å². The summed E-state index contributed by atoms with van der Waals surface area (Å²) in [7, 11) is 1.62. The van der Waals surface area contributed by atoms with Gasteiger partial charge in [0.05, 0.1) is 6.61 Å². The molecular formula is C14H22N2O4S. The monoisotopic (exact) mass is 314 g/mol. The number of aromatic nitrogens is 1. The summed E-state index contributed by atoms with van der Waals surface area (Å²) < 4.78 is 5.12. The largest absolute Gasteiger partial charge is 0.476 e. The molecule has 0 aliphatic rings. The maximum absolute atomic E-state index is 11.6. The molecule has 0 saturated heterocycles. The summed E-state index contributed by atoms with van der Waals surface area (Å²) in [6.07, 6.45) is 1.83. The fourth-order valence-electron chi connectivity index (χ4n) is 2.17. The number of carbonyl (C=O) groups is 2. The number of carboxylic acids is 1. The Kier molecular flexibility index (Phi) is 6.77. The topological polar surface area (TPSA) is 79.7 Å². The number of Topliss-reactive ketones (excluding diaryl/α,β-unsaturated/α-hetero) is 1. The number of nitrogens with zero attached hydrogens (tertiary/aromatic N) is 2. The van der Waals surface area contributed by atoms with Crippen molar-refractivity contribution >= 4 is 28.2 Å². The van der Waals surface area contributed by atoms with Gasteiger partial charge in [-0.25, -0.2) is 9.78 Å². The number of carbonyl (C=O) groups excluding carboxylic acids is 1. The molecule has 1 aromatic rings. The molecule has 0 radical (unpaired) electrons. The van der Waals surface area contributed by atoms with Crippen LogP contribution in [-0.4, -0.2) is 48.1 Å². The Hall–Kier alpha value is -1.47. The summed E-state index contributed by atoms with van der Waals surface area (Å²) in [5, 5.41) is 9.76. The Balaban J connectivity index is 3.20. The van der Waals surface area contributed by atoms with Gasteiger partial charge in [0.1, 0.15) is 4.88 Å². The first-order valence-corrected chi connectivity index (χ1v) is 7.78. The zero-order chi connectivity index (χ0) is 16.0. The van der Waals surface area contributed by atoms with Crippen LogP contribution in [0.4, 0.5) is 5.13 Å². The predicted molar refractivity (Wildman–Crippen MR) is 82.7 cm³/mol. The van der Waals surface area contributed by atoms with Gasteiger partial charge in [-0.3, -0.25) is 4.79 Å². The average Bonchev–Trinajstić information content (AvgIpc) is 2.88. The number of rotatable bonds is 9. The first-order chi connectivity index (χ1) is 9.96. The quantitative estimate of drug-likeness (QED) is 0.706. The number of methoxy groups -OCH3 is 1. The van der Waals surface area contributed by atoms with Crippen LogP contribution in [0.1, 0.15) is 53.8 Å². The summed E-state index contributed by atoms with van der Waals surface area (Å²) in [6, 6.07) is 0.243. The molecular weight excluding hydrogens is 292 g/mol. The van der Waals surface area contributed by atoms with Crippen molar-refractivity contribution in [2.45, 2.75) is 39.7 Å². The number of hydrogen-bond acceptors (Lipinski definition) is 6. The molecule has 0 spiro atoms. The molecule has 0 aromatic carbocycles. The normalized spacial score (nSPS) is 10.9. The summed E-state index contributed by atoms with van der Waals surface area (Å²) in [5.41, 5.74) is -0.157. The van der Waals surface area contributed by atoms with E-state index >= 15 is 0 Å². The van der Waals surface area contributed by atoms with Crippen molar-refractivity contribution in [3.05, 3.63) is 10.6 Å². The predicted octanol–water partition coefficient (Wildman–Crippen LogP) is 2.69. The van der Waals surface area contributed by atoms with Gasteiger partial charge in [0.25, 0.3) is 0 Å². The molecule has 1 heterocycles. The highest BCUT2D eigenvalue weighted by atomic mass is 32.1. The molecule has 0 amide bonds. The molecule has 0 bridgehead atoms. The second-order valence-electron chi connectivity index (χ2n) is 4.69. The van der Waals surface area contributed by atoms with E-state index < -0.39 is 5.97 Å². The highest BCUT2D eigenvalue weighted by Crippen LogP contribution is 2.29. The van der Waals surface area contributed by atoms with Crippen LogP contribution in [-0.2, 0) is 4.74 Å². The van der Waals surface area contributed by atoms with Gasteiger partial charge in [-0.05, 0) is 12.8 Å². The van der Waals surface area contributed by atoms with Gasteiger partial charge in [-0.1, -0.05) is 25.2 Å². The number of ether oxygens (including phenoxy) is 1. The summed E-state index contributed by atoms with van der Waals surface area (Å²) >= 11 is 1.14. The molecule has 6 nitrogen and oxygen atoms in total. The van der Waals surface area contributed by atoms with Gasteiger partial charge >= 0.3 is 5.97 Å². The second-order valence-corrected chi connectivity index (χ2v) is 5.67. The molecule has 0 atom stereocenters. The maximum Gasteiger partial charge on any atom is 0.356 e. The zero-order valence-corrected chi connectivity index (χ0v) is 13.7. The van der Waals surface area contributed by atoms with Crippen LogP contribution >= 0.6 is 11.3 Å². The number of hydrogen-bond donors (Lipinski definition) is 1. The molecule has 1 rings (SSSR count). The molecule has 0 fully saturated rings. The van der Waals surface area contributed by atoms with Crippen molar-refractivity contribution in [3.63, 3.8) is 0 Å². The minimum Gasteiger partial charge on any atom is -0.476 e. The van der Waals surface area contributed by atoms with E-state index in [0.717, 1.165) is 24.2 Å². The molecule has 0 aliphatic heterocycles. The van der Waals surface area contributed by atoms with Crippen LogP contribution in [0.15, 0.2) is 0 Å². The highest BCUT2D eigenvalue weighted by Gasteiger charge is 2.25. The van der Waals surface area contributed by atoms with E-state index in [4.69, 9.17) is 4.74 Å². The van der Waals surface area contributed by atoms with Crippen LogP contribution in [0.2, 0.25) is 0 Å². The van der Waals surface area contributed by atoms with E-state index in [9.17, 15) is 14.7 Å². The summed E-state index contributed by atoms with van der Waals surface area (Å²) in [6.45, 7) is 6.65. The Labute approximate surface area is 128 Å². The number of carboxylic acid groups (broad SMARTS) is 1. The third-order valence-electron chi connectivity index (χ3n) is 3.30. The first kappa shape index (κ1) is 17.6. The van der Waals surface area contributed by atoms with Gasteiger partial charge in [0.15, 0.2) is 16.6 Å². The smallest absolute Gasteiger partial charge is 0.356 e. The van der Waals surface area contributed by atoms with Crippen molar-refractivity contribution in [1.29, 1.82) is 0 Å². The molecule has 118 valence electrons. The van der Waals surface area contributed by atoms with Crippen LogP contribution in [0.25, 0.3) is 0 Å². The van der Waals surface area contributed by atoms with Crippen LogP contribution in [0, 0.1) is 0 Å².